The van der Waals surface area contributed by atoms with Crippen molar-refractivity contribution in [3.63, 3.8) is 0 Å². The van der Waals surface area contributed by atoms with Crippen LogP contribution in [0.4, 0.5) is 5.69 Å². The summed E-state index contributed by atoms with van der Waals surface area (Å²) in [6.45, 7) is 4.12. The predicted octanol–water partition coefficient (Wildman–Crippen LogP) is 3.22. The van der Waals surface area contributed by atoms with Crippen molar-refractivity contribution >= 4 is 33.2 Å². The molecule has 1 amide bonds. The maximum absolute atomic E-state index is 12.3. The number of sulfonamides is 1. The SMILES string of the molecule is Cc1ccc(OC[C@H](C)NC(=O)c2ccc(NS(C)(=O)=O)cc2Cl)cc1. The number of anilines is 1. The van der Waals surface area contributed by atoms with Gasteiger partial charge in [-0.1, -0.05) is 29.3 Å². The van der Waals surface area contributed by atoms with Gasteiger partial charge in [-0.25, -0.2) is 8.42 Å². The Balaban J connectivity index is 1.94. The fourth-order valence-corrected chi connectivity index (χ4v) is 3.00. The summed E-state index contributed by atoms with van der Waals surface area (Å²) in [7, 11) is -3.41. The first-order valence-electron chi connectivity index (χ1n) is 7.92. The molecule has 0 heterocycles. The zero-order valence-electron chi connectivity index (χ0n) is 14.7. The maximum Gasteiger partial charge on any atom is 0.253 e. The van der Waals surface area contributed by atoms with Crippen molar-refractivity contribution in [2.45, 2.75) is 19.9 Å². The van der Waals surface area contributed by atoms with E-state index in [2.05, 4.69) is 10.0 Å². The minimum absolute atomic E-state index is 0.155. The van der Waals surface area contributed by atoms with Crippen molar-refractivity contribution in [2.24, 2.45) is 0 Å². The zero-order chi connectivity index (χ0) is 19.3. The van der Waals surface area contributed by atoms with E-state index in [4.69, 9.17) is 16.3 Å². The Morgan fingerprint density at radius 3 is 2.42 bits per heavy atom. The molecular formula is C18H21ClN2O4S. The van der Waals surface area contributed by atoms with Gasteiger partial charge in [0.1, 0.15) is 12.4 Å². The third-order valence-electron chi connectivity index (χ3n) is 3.42. The average Bonchev–Trinajstić information content (AvgIpc) is 2.52. The lowest BCUT2D eigenvalue weighted by atomic mass is 10.2. The van der Waals surface area contributed by atoms with E-state index in [1.807, 2.05) is 38.1 Å². The van der Waals surface area contributed by atoms with E-state index in [0.29, 0.717) is 12.3 Å². The molecule has 26 heavy (non-hydrogen) atoms. The lowest BCUT2D eigenvalue weighted by molar-refractivity contribution is 0.0927. The van der Waals surface area contributed by atoms with E-state index in [9.17, 15) is 13.2 Å². The van der Waals surface area contributed by atoms with E-state index in [1.54, 1.807) is 0 Å². The number of aryl methyl sites for hydroxylation is 1. The quantitative estimate of drug-likeness (QED) is 0.752. The van der Waals surface area contributed by atoms with Gasteiger partial charge in [0.25, 0.3) is 5.91 Å². The van der Waals surface area contributed by atoms with Crippen molar-refractivity contribution in [1.82, 2.24) is 5.32 Å². The highest BCUT2D eigenvalue weighted by atomic mass is 35.5. The van der Waals surface area contributed by atoms with Crippen LogP contribution in [0, 0.1) is 6.92 Å². The first-order valence-corrected chi connectivity index (χ1v) is 10.2. The van der Waals surface area contributed by atoms with Crippen LogP contribution in [0.3, 0.4) is 0 Å². The molecule has 8 heteroatoms. The predicted molar refractivity (Wildman–Crippen MR) is 104 cm³/mol. The van der Waals surface area contributed by atoms with E-state index in [0.717, 1.165) is 17.6 Å². The molecule has 2 aromatic rings. The van der Waals surface area contributed by atoms with Gasteiger partial charge < -0.3 is 10.1 Å². The molecule has 0 aliphatic heterocycles. The minimum atomic E-state index is -3.41. The average molecular weight is 397 g/mol. The van der Waals surface area contributed by atoms with Gasteiger partial charge in [-0.15, -0.1) is 0 Å². The maximum atomic E-state index is 12.3. The lowest BCUT2D eigenvalue weighted by Gasteiger charge is -2.16. The van der Waals surface area contributed by atoms with Gasteiger partial charge in [0, 0.05) is 5.69 Å². The number of benzene rings is 2. The van der Waals surface area contributed by atoms with Crippen LogP contribution in [-0.2, 0) is 10.0 Å². The molecule has 1 atom stereocenters. The Labute approximate surface area is 158 Å². The highest BCUT2D eigenvalue weighted by molar-refractivity contribution is 7.92. The summed E-state index contributed by atoms with van der Waals surface area (Å²) in [5.74, 6) is 0.367. The number of ether oxygens (including phenoxy) is 1. The molecular weight excluding hydrogens is 376 g/mol. The van der Waals surface area contributed by atoms with Crippen molar-refractivity contribution in [3.8, 4) is 5.75 Å². The van der Waals surface area contributed by atoms with Crippen LogP contribution in [0.5, 0.6) is 5.75 Å². The summed E-state index contributed by atoms with van der Waals surface area (Å²) >= 11 is 6.10. The molecule has 0 aromatic heterocycles. The molecule has 6 nitrogen and oxygen atoms in total. The number of hydrogen-bond donors (Lipinski definition) is 2. The van der Waals surface area contributed by atoms with E-state index in [-0.39, 0.29) is 22.5 Å². The van der Waals surface area contributed by atoms with Crippen molar-refractivity contribution < 1.29 is 17.9 Å². The molecule has 0 fully saturated rings. The Morgan fingerprint density at radius 1 is 1.19 bits per heavy atom. The highest BCUT2D eigenvalue weighted by Gasteiger charge is 2.15. The lowest BCUT2D eigenvalue weighted by Crippen LogP contribution is -2.36. The number of halogens is 1. The fourth-order valence-electron chi connectivity index (χ4n) is 2.18. The first kappa shape index (κ1) is 20.1. The molecule has 0 bridgehead atoms. The second-order valence-electron chi connectivity index (χ2n) is 6.07. The molecule has 0 saturated heterocycles. The van der Waals surface area contributed by atoms with Crippen LogP contribution in [0.15, 0.2) is 42.5 Å². The standard InChI is InChI=1S/C18H21ClN2O4S/c1-12-4-7-15(8-5-12)25-11-13(2)20-18(22)16-9-6-14(10-17(16)19)21-26(3,23)24/h4-10,13,21H,11H2,1-3H3,(H,20,22)/t13-/m0/s1. The normalized spacial score (nSPS) is 12.3. The topological polar surface area (TPSA) is 84.5 Å². The Kier molecular flexibility index (Phi) is 6.50. The number of amides is 1. The number of hydrogen-bond acceptors (Lipinski definition) is 4. The van der Waals surface area contributed by atoms with Gasteiger partial charge in [-0.2, -0.15) is 0 Å². The second-order valence-corrected chi connectivity index (χ2v) is 8.22. The van der Waals surface area contributed by atoms with E-state index >= 15 is 0 Å². The van der Waals surface area contributed by atoms with Gasteiger partial charge in [0.15, 0.2) is 0 Å². The number of carbonyl (C=O) groups excluding carboxylic acids is 1. The molecule has 0 aliphatic carbocycles. The van der Waals surface area contributed by atoms with Gasteiger partial charge in [0.05, 0.1) is 22.9 Å². The number of nitrogens with one attached hydrogen (secondary N) is 2. The summed E-state index contributed by atoms with van der Waals surface area (Å²) in [5.41, 5.74) is 1.69. The molecule has 0 saturated carbocycles. The van der Waals surface area contributed by atoms with Crippen LogP contribution in [0.25, 0.3) is 0 Å². The Morgan fingerprint density at radius 2 is 1.85 bits per heavy atom. The Bertz CT molecular complexity index is 883. The third kappa shape index (κ3) is 6.24. The summed E-state index contributed by atoms with van der Waals surface area (Å²) in [6.07, 6.45) is 1.04. The monoisotopic (exact) mass is 396 g/mol. The van der Waals surface area contributed by atoms with Crippen molar-refractivity contribution in [1.29, 1.82) is 0 Å². The fraction of sp³-hybridized carbons (Fsp3) is 0.278. The summed E-state index contributed by atoms with van der Waals surface area (Å²) in [6, 6.07) is 11.7. The van der Waals surface area contributed by atoms with Crippen molar-refractivity contribution in [2.75, 3.05) is 17.6 Å². The van der Waals surface area contributed by atoms with Gasteiger partial charge in [0.2, 0.25) is 10.0 Å². The Hall–Kier alpha value is -2.25. The minimum Gasteiger partial charge on any atom is -0.491 e. The zero-order valence-corrected chi connectivity index (χ0v) is 16.3. The van der Waals surface area contributed by atoms with Crippen LogP contribution in [0.2, 0.25) is 5.02 Å². The first-order chi connectivity index (χ1) is 12.1. The van der Waals surface area contributed by atoms with E-state index < -0.39 is 10.0 Å². The van der Waals surface area contributed by atoms with Crippen LogP contribution >= 0.6 is 11.6 Å². The smallest absolute Gasteiger partial charge is 0.253 e. The largest absolute Gasteiger partial charge is 0.491 e. The molecule has 2 rings (SSSR count). The van der Waals surface area contributed by atoms with Gasteiger partial charge in [-0.3, -0.25) is 9.52 Å². The van der Waals surface area contributed by atoms with E-state index in [1.165, 1.54) is 18.2 Å². The molecule has 2 aromatic carbocycles. The molecule has 2 N–H and O–H groups in total. The van der Waals surface area contributed by atoms with Gasteiger partial charge in [-0.05, 0) is 44.2 Å². The van der Waals surface area contributed by atoms with Crippen LogP contribution < -0.4 is 14.8 Å². The molecule has 0 spiro atoms. The van der Waals surface area contributed by atoms with Crippen LogP contribution in [0.1, 0.15) is 22.8 Å². The summed E-state index contributed by atoms with van der Waals surface area (Å²) in [5, 5.41) is 2.95. The molecule has 0 aliphatic rings. The number of rotatable bonds is 7. The second kappa shape index (κ2) is 8.42. The summed E-state index contributed by atoms with van der Waals surface area (Å²) < 4.78 is 30.4. The molecule has 140 valence electrons. The highest BCUT2D eigenvalue weighted by Crippen LogP contribution is 2.22. The summed E-state index contributed by atoms with van der Waals surface area (Å²) in [4.78, 5) is 12.3. The molecule has 0 radical (unpaired) electrons. The van der Waals surface area contributed by atoms with Crippen molar-refractivity contribution in [3.05, 3.63) is 58.6 Å². The number of carbonyl (C=O) groups is 1. The molecule has 0 unspecified atom stereocenters. The van der Waals surface area contributed by atoms with Crippen LogP contribution in [-0.4, -0.2) is 33.2 Å². The van der Waals surface area contributed by atoms with Gasteiger partial charge >= 0.3 is 0 Å². The third-order valence-corrected chi connectivity index (χ3v) is 4.33.